The number of carboxylic acids is 1. The fourth-order valence-corrected chi connectivity index (χ4v) is 2.85. The van der Waals surface area contributed by atoms with Gasteiger partial charge in [-0.05, 0) is 48.9 Å². The number of ether oxygens (including phenoxy) is 1. The molecule has 1 aromatic heterocycles. The van der Waals surface area contributed by atoms with E-state index in [0.29, 0.717) is 6.61 Å². The Bertz CT molecular complexity index is 824. The Labute approximate surface area is 138 Å². The highest BCUT2D eigenvalue weighted by molar-refractivity contribution is 7.10. The number of aromatic nitrogens is 1. The molecule has 0 unspecified atom stereocenters. The molecular weight excluding hydrogens is 310 g/mol. The van der Waals surface area contributed by atoms with E-state index >= 15 is 0 Å². The normalized spacial score (nSPS) is 10.5. The molecule has 0 fully saturated rings. The summed E-state index contributed by atoms with van der Waals surface area (Å²) in [6.45, 7) is 2.38. The SMILES string of the molecule is Cc1scnc1-c1ccc(OCc2cccc(C(=O)O)c2)cc1. The number of benzene rings is 2. The van der Waals surface area contributed by atoms with Crippen LogP contribution < -0.4 is 4.74 Å². The molecule has 0 amide bonds. The van der Waals surface area contributed by atoms with Gasteiger partial charge in [0.15, 0.2) is 0 Å². The molecule has 0 saturated carbocycles. The minimum Gasteiger partial charge on any atom is -0.489 e. The Kier molecular flexibility index (Phi) is 4.39. The van der Waals surface area contributed by atoms with Crippen LogP contribution in [0.2, 0.25) is 0 Å². The van der Waals surface area contributed by atoms with Gasteiger partial charge in [0.2, 0.25) is 0 Å². The van der Waals surface area contributed by atoms with E-state index in [1.54, 1.807) is 29.5 Å². The molecule has 116 valence electrons. The van der Waals surface area contributed by atoms with Gasteiger partial charge in [-0.2, -0.15) is 0 Å². The summed E-state index contributed by atoms with van der Waals surface area (Å²) in [6, 6.07) is 14.5. The van der Waals surface area contributed by atoms with Crippen molar-refractivity contribution >= 4 is 17.3 Å². The maximum atomic E-state index is 11.0. The molecular formula is C18H15NO3S. The van der Waals surface area contributed by atoms with Gasteiger partial charge in [-0.15, -0.1) is 11.3 Å². The summed E-state index contributed by atoms with van der Waals surface area (Å²) in [6.07, 6.45) is 0. The second-order valence-electron chi connectivity index (χ2n) is 5.08. The average molecular weight is 325 g/mol. The van der Waals surface area contributed by atoms with Gasteiger partial charge in [0.25, 0.3) is 0 Å². The van der Waals surface area contributed by atoms with Crippen molar-refractivity contribution in [3.8, 4) is 17.0 Å². The van der Waals surface area contributed by atoms with Crippen LogP contribution in [0, 0.1) is 6.92 Å². The number of nitrogens with zero attached hydrogens (tertiary/aromatic N) is 1. The zero-order valence-electron chi connectivity index (χ0n) is 12.5. The predicted molar refractivity (Wildman–Crippen MR) is 90.0 cm³/mol. The molecule has 1 heterocycles. The van der Waals surface area contributed by atoms with Gasteiger partial charge >= 0.3 is 5.97 Å². The lowest BCUT2D eigenvalue weighted by molar-refractivity contribution is 0.0696. The highest BCUT2D eigenvalue weighted by Crippen LogP contribution is 2.26. The number of rotatable bonds is 5. The third-order valence-corrected chi connectivity index (χ3v) is 4.21. The first-order valence-corrected chi connectivity index (χ1v) is 7.97. The molecule has 0 aliphatic heterocycles. The average Bonchev–Trinajstić information content (AvgIpc) is 3.00. The molecule has 23 heavy (non-hydrogen) atoms. The maximum Gasteiger partial charge on any atom is 0.335 e. The van der Waals surface area contributed by atoms with Crippen molar-refractivity contribution in [3.05, 3.63) is 70.0 Å². The van der Waals surface area contributed by atoms with Crippen molar-refractivity contribution in [2.24, 2.45) is 0 Å². The Morgan fingerprint density at radius 1 is 1.22 bits per heavy atom. The van der Waals surface area contributed by atoms with Crippen LogP contribution in [-0.2, 0) is 6.61 Å². The summed E-state index contributed by atoms with van der Waals surface area (Å²) in [5.74, 6) is -0.197. The van der Waals surface area contributed by atoms with Crippen LogP contribution >= 0.6 is 11.3 Å². The Hall–Kier alpha value is -2.66. The first-order valence-electron chi connectivity index (χ1n) is 7.09. The molecule has 1 N–H and O–H groups in total. The van der Waals surface area contributed by atoms with Crippen molar-refractivity contribution in [1.29, 1.82) is 0 Å². The summed E-state index contributed by atoms with van der Waals surface area (Å²) in [5, 5.41) is 8.99. The minimum atomic E-state index is -0.935. The van der Waals surface area contributed by atoms with Gasteiger partial charge < -0.3 is 9.84 Å². The molecule has 0 aliphatic carbocycles. The van der Waals surface area contributed by atoms with E-state index < -0.39 is 5.97 Å². The van der Waals surface area contributed by atoms with Gasteiger partial charge in [0.1, 0.15) is 12.4 Å². The van der Waals surface area contributed by atoms with Crippen molar-refractivity contribution < 1.29 is 14.6 Å². The van der Waals surface area contributed by atoms with E-state index in [0.717, 1.165) is 22.6 Å². The van der Waals surface area contributed by atoms with Gasteiger partial charge in [-0.25, -0.2) is 9.78 Å². The van der Waals surface area contributed by atoms with Gasteiger partial charge in [-0.1, -0.05) is 12.1 Å². The number of hydrogen-bond acceptors (Lipinski definition) is 4. The van der Waals surface area contributed by atoms with E-state index in [1.807, 2.05) is 42.8 Å². The van der Waals surface area contributed by atoms with E-state index in [2.05, 4.69) is 4.98 Å². The van der Waals surface area contributed by atoms with E-state index in [-0.39, 0.29) is 5.56 Å². The molecule has 3 rings (SSSR count). The summed E-state index contributed by atoms with van der Waals surface area (Å²) >= 11 is 1.62. The van der Waals surface area contributed by atoms with Crippen molar-refractivity contribution in [2.75, 3.05) is 0 Å². The van der Waals surface area contributed by atoms with Gasteiger partial charge in [0.05, 0.1) is 16.8 Å². The summed E-state index contributed by atoms with van der Waals surface area (Å²) in [7, 11) is 0. The number of carbonyl (C=O) groups is 1. The molecule has 0 spiro atoms. The minimum absolute atomic E-state index is 0.264. The summed E-state index contributed by atoms with van der Waals surface area (Å²) < 4.78 is 5.72. The summed E-state index contributed by atoms with van der Waals surface area (Å²) in [4.78, 5) is 16.5. The summed E-state index contributed by atoms with van der Waals surface area (Å²) in [5.41, 5.74) is 4.98. The Balaban J connectivity index is 1.68. The number of hydrogen-bond donors (Lipinski definition) is 1. The zero-order chi connectivity index (χ0) is 16.2. The van der Waals surface area contributed by atoms with Crippen LogP contribution in [0.1, 0.15) is 20.8 Å². The highest BCUT2D eigenvalue weighted by atomic mass is 32.1. The quantitative estimate of drug-likeness (QED) is 0.755. The molecule has 5 heteroatoms. The maximum absolute atomic E-state index is 11.0. The Morgan fingerprint density at radius 3 is 2.65 bits per heavy atom. The highest BCUT2D eigenvalue weighted by Gasteiger charge is 2.06. The van der Waals surface area contributed by atoms with Crippen molar-refractivity contribution in [2.45, 2.75) is 13.5 Å². The second-order valence-corrected chi connectivity index (χ2v) is 6.13. The molecule has 0 saturated heterocycles. The lowest BCUT2D eigenvalue weighted by Crippen LogP contribution is -2.00. The van der Waals surface area contributed by atoms with E-state index in [9.17, 15) is 4.79 Å². The van der Waals surface area contributed by atoms with Crippen LogP contribution in [0.4, 0.5) is 0 Å². The van der Waals surface area contributed by atoms with E-state index in [1.165, 1.54) is 4.88 Å². The number of carboxylic acid groups (broad SMARTS) is 1. The first kappa shape index (κ1) is 15.2. The lowest BCUT2D eigenvalue weighted by atomic mass is 10.1. The standard InChI is InChI=1S/C18H15NO3S/c1-12-17(19-11-23-12)14-5-7-16(8-6-14)22-10-13-3-2-4-15(9-13)18(20)21/h2-9,11H,10H2,1H3,(H,20,21). The van der Waals surface area contributed by atoms with Crippen LogP contribution in [0.15, 0.2) is 54.0 Å². The topological polar surface area (TPSA) is 59.4 Å². The fraction of sp³-hybridized carbons (Fsp3) is 0.111. The molecule has 2 aromatic carbocycles. The second kappa shape index (κ2) is 6.62. The third-order valence-electron chi connectivity index (χ3n) is 3.45. The van der Waals surface area contributed by atoms with E-state index in [4.69, 9.17) is 9.84 Å². The Morgan fingerprint density at radius 2 is 2.00 bits per heavy atom. The molecule has 3 aromatic rings. The molecule has 0 radical (unpaired) electrons. The molecule has 0 bridgehead atoms. The number of thiazole rings is 1. The van der Waals surface area contributed by atoms with Crippen LogP contribution in [-0.4, -0.2) is 16.1 Å². The van der Waals surface area contributed by atoms with Crippen LogP contribution in [0.5, 0.6) is 5.75 Å². The first-order chi connectivity index (χ1) is 11.1. The molecule has 0 aliphatic rings. The van der Waals surface area contributed by atoms with Gasteiger partial charge in [0, 0.05) is 10.4 Å². The predicted octanol–water partition coefficient (Wildman–Crippen LogP) is 4.40. The fourth-order valence-electron chi connectivity index (χ4n) is 2.25. The van der Waals surface area contributed by atoms with Crippen molar-refractivity contribution in [1.82, 2.24) is 4.98 Å². The number of aromatic carboxylic acids is 1. The molecule has 4 nitrogen and oxygen atoms in total. The lowest BCUT2D eigenvalue weighted by Gasteiger charge is -2.08. The van der Waals surface area contributed by atoms with Crippen molar-refractivity contribution in [3.63, 3.8) is 0 Å². The largest absolute Gasteiger partial charge is 0.489 e. The van der Waals surface area contributed by atoms with Gasteiger partial charge in [-0.3, -0.25) is 0 Å². The number of aryl methyl sites for hydroxylation is 1. The monoisotopic (exact) mass is 325 g/mol. The zero-order valence-corrected chi connectivity index (χ0v) is 13.3. The smallest absolute Gasteiger partial charge is 0.335 e. The molecule has 0 atom stereocenters. The van der Waals surface area contributed by atoms with Crippen LogP contribution in [0.3, 0.4) is 0 Å². The van der Waals surface area contributed by atoms with Crippen LogP contribution in [0.25, 0.3) is 11.3 Å². The third kappa shape index (κ3) is 3.57.